The lowest BCUT2D eigenvalue weighted by atomic mass is 10.3. The summed E-state index contributed by atoms with van der Waals surface area (Å²) in [5, 5.41) is 1.03. The lowest BCUT2D eigenvalue weighted by Gasteiger charge is -2.16. The first kappa shape index (κ1) is 16.9. The third-order valence-electron chi connectivity index (χ3n) is 3.65. The van der Waals surface area contributed by atoms with Crippen LogP contribution in [0.2, 0.25) is 0 Å². The number of pyridine rings is 1. The van der Waals surface area contributed by atoms with Crippen LogP contribution in [0.15, 0.2) is 50.0 Å². The number of imidazole rings is 1. The number of hydrogen-bond donors (Lipinski definition) is 1. The van der Waals surface area contributed by atoms with Crippen LogP contribution in [0.5, 0.6) is 0 Å². The molecule has 0 atom stereocenters. The van der Waals surface area contributed by atoms with E-state index in [0.717, 1.165) is 17.3 Å². The molecule has 2 amide bonds. The van der Waals surface area contributed by atoms with E-state index in [1.165, 1.54) is 16.7 Å². The SMILES string of the molecule is CC(C)N1C(=O)S/C(=C\c2ccc(Sc3nc4cccnc4[nH]3)o2)C1=O. The maximum atomic E-state index is 12.3. The molecule has 0 saturated carbocycles. The maximum Gasteiger partial charge on any atom is 0.293 e. The number of imide groups is 1. The Hall–Kier alpha value is -2.52. The highest BCUT2D eigenvalue weighted by molar-refractivity contribution is 8.18. The Morgan fingerprint density at radius 1 is 1.31 bits per heavy atom. The topological polar surface area (TPSA) is 92.1 Å². The number of aromatic amines is 1. The minimum absolute atomic E-state index is 0.169. The van der Waals surface area contributed by atoms with Gasteiger partial charge in [0.15, 0.2) is 15.9 Å². The Kier molecular flexibility index (Phi) is 4.33. The molecule has 0 aliphatic carbocycles. The summed E-state index contributed by atoms with van der Waals surface area (Å²) in [6, 6.07) is 7.09. The summed E-state index contributed by atoms with van der Waals surface area (Å²) >= 11 is 2.25. The van der Waals surface area contributed by atoms with Gasteiger partial charge in [0.25, 0.3) is 11.1 Å². The Morgan fingerprint density at radius 2 is 2.15 bits per heavy atom. The van der Waals surface area contributed by atoms with Crippen molar-refractivity contribution in [3.05, 3.63) is 41.1 Å². The smallest absolute Gasteiger partial charge is 0.293 e. The van der Waals surface area contributed by atoms with Gasteiger partial charge in [-0.25, -0.2) is 9.97 Å². The standard InChI is InChI=1S/C17H14N4O3S2/c1-9(2)21-15(22)12(25-17(21)23)8-10-5-6-13(24-10)26-16-19-11-4-3-7-18-14(11)20-16/h3-9H,1-2H3,(H,18,19,20)/b12-8-. The van der Waals surface area contributed by atoms with Gasteiger partial charge >= 0.3 is 0 Å². The lowest BCUT2D eigenvalue weighted by molar-refractivity contribution is -0.123. The number of carbonyl (C=O) groups is 2. The number of hydrogen-bond acceptors (Lipinski definition) is 7. The number of fused-ring (bicyclic) bond motifs is 1. The molecule has 1 N–H and O–H groups in total. The average molecular weight is 386 g/mol. The fourth-order valence-corrected chi connectivity index (χ4v) is 4.18. The average Bonchev–Trinajstić information content (AvgIpc) is 3.26. The van der Waals surface area contributed by atoms with E-state index in [-0.39, 0.29) is 17.2 Å². The van der Waals surface area contributed by atoms with Gasteiger partial charge in [0.1, 0.15) is 11.3 Å². The van der Waals surface area contributed by atoms with Crippen molar-refractivity contribution in [3.8, 4) is 0 Å². The quantitative estimate of drug-likeness (QED) is 0.674. The van der Waals surface area contributed by atoms with Crippen LogP contribution in [0.1, 0.15) is 19.6 Å². The number of amides is 2. The molecule has 1 fully saturated rings. The van der Waals surface area contributed by atoms with E-state index in [2.05, 4.69) is 15.0 Å². The van der Waals surface area contributed by atoms with Crippen LogP contribution in [0.3, 0.4) is 0 Å². The number of aromatic nitrogens is 3. The predicted octanol–water partition coefficient (Wildman–Crippen LogP) is 4.15. The number of nitrogens with zero attached hydrogens (tertiary/aromatic N) is 3. The second-order valence-corrected chi connectivity index (χ2v) is 7.80. The number of H-pyrrole nitrogens is 1. The number of carbonyl (C=O) groups excluding carboxylic acids is 2. The van der Waals surface area contributed by atoms with Gasteiger partial charge in [-0.15, -0.1) is 0 Å². The van der Waals surface area contributed by atoms with Crippen molar-refractivity contribution in [2.75, 3.05) is 0 Å². The summed E-state index contributed by atoms with van der Waals surface area (Å²) in [4.78, 5) is 37.6. The molecule has 1 aliphatic heterocycles. The first-order valence-corrected chi connectivity index (χ1v) is 9.50. The second kappa shape index (κ2) is 6.65. The van der Waals surface area contributed by atoms with Crippen LogP contribution in [-0.2, 0) is 4.79 Å². The zero-order valence-electron chi connectivity index (χ0n) is 13.9. The van der Waals surface area contributed by atoms with E-state index >= 15 is 0 Å². The van der Waals surface area contributed by atoms with Gasteiger partial charge < -0.3 is 9.40 Å². The molecule has 1 aliphatic rings. The highest BCUT2D eigenvalue weighted by Gasteiger charge is 2.36. The number of rotatable bonds is 4. The molecule has 0 unspecified atom stereocenters. The summed E-state index contributed by atoms with van der Waals surface area (Å²) in [5.41, 5.74) is 1.49. The second-order valence-electron chi connectivity index (χ2n) is 5.82. The summed E-state index contributed by atoms with van der Waals surface area (Å²) in [6.07, 6.45) is 3.29. The first-order valence-electron chi connectivity index (χ1n) is 7.87. The summed E-state index contributed by atoms with van der Waals surface area (Å²) < 4.78 is 5.74. The molecule has 0 spiro atoms. The third kappa shape index (κ3) is 3.15. The molecule has 0 aromatic carbocycles. The van der Waals surface area contributed by atoms with Crippen LogP contribution in [0, 0.1) is 0 Å². The molecule has 26 heavy (non-hydrogen) atoms. The van der Waals surface area contributed by atoms with E-state index in [1.807, 2.05) is 26.0 Å². The van der Waals surface area contributed by atoms with Crippen LogP contribution in [0.25, 0.3) is 17.2 Å². The molecule has 3 aromatic heterocycles. The van der Waals surface area contributed by atoms with Gasteiger partial charge in [-0.1, -0.05) is 0 Å². The van der Waals surface area contributed by atoms with Crippen molar-refractivity contribution in [2.24, 2.45) is 0 Å². The fourth-order valence-electron chi connectivity index (χ4n) is 2.49. The van der Waals surface area contributed by atoms with Crippen molar-refractivity contribution >= 4 is 51.9 Å². The molecule has 4 heterocycles. The zero-order chi connectivity index (χ0) is 18.3. The van der Waals surface area contributed by atoms with Gasteiger partial charge in [0.05, 0.1) is 4.91 Å². The first-order chi connectivity index (χ1) is 12.5. The maximum absolute atomic E-state index is 12.3. The van der Waals surface area contributed by atoms with Crippen molar-refractivity contribution in [1.29, 1.82) is 0 Å². The molecule has 0 bridgehead atoms. The van der Waals surface area contributed by atoms with Gasteiger partial charge in [-0.2, -0.15) is 0 Å². The summed E-state index contributed by atoms with van der Waals surface area (Å²) in [6.45, 7) is 3.62. The third-order valence-corrected chi connectivity index (χ3v) is 5.34. The minimum Gasteiger partial charge on any atom is -0.450 e. The van der Waals surface area contributed by atoms with E-state index in [4.69, 9.17) is 4.42 Å². The molecule has 3 aromatic rings. The van der Waals surface area contributed by atoms with Crippen LogP contribution < -0.4 is 0 Å². The van der Waals surface area contributed by atoms with Crippen LogP contribution in [-0.4, -0.2) is 37.0 Å². The number of thioether (sulfide) groups is 1. The monoisotopic (exact) mass is 386 g/mol. The molecular weight excluding hydrogens is 372 g/mol. The largest absolute Gasteiger partial charge is 0.450 e. The van der Waals surface area contributed by atoms with E-state index in [0.29, 0.717) is 26.6 Å². The van der Waals surface area contributed by atoms with Gasteiger partial charge in [0.2, 0.25) is 0 Å². The number of furan rings is 1. The van der Waals surface area contributed by atoms with E-state index in [9.17, 15) is 9.59 Å². The van der Waals surface area contributed by atoms with Crippen molar-refractivity contribution in [3.63, 3.8) is 0 Å². The highest BCUT2D eigenvalue weighted by atomic mass is 32.2. The molecule has 7 nitrogen and oxygen atoms in total. The minimum atomic E-state index is -0.288. The van der Waals surface area contributed by atoms with Crippen LogP contribution in [0.4, 0.5) is 4.79 Å². The molecule has 9 heteroatoms. The Labute approximate surface area is 157 Å². The van der Waals surface area contributed by atoms with Crippen LogP contribution >= 0.6 is 23.5 Å². The molecule has 4 rings (SSSR count). The Morgan fingerprint density at radius 3 is 2.88 bits per heavy atom. The molecular formula is C17H14N4O3S2. The number of nitrogens with one attached hydrogen (secondary N) is 1. The van der Waals surface area contributed by atoms with E-state index in [1.54, 1.807) is 24.4 Å². The summed E-state index contributed by atoms with van der Waals surface area (Å²) in [7, 11) is 0. The Balaban J connectivity index is 1.53. The molecule has 0 radical (unpaired) electrons. The van der Waals surface area contributed by atoms with Crippen molar-refractivity contribution in [1.82, 2.24) is 19.9 Å². The van der Waals surface area contributed by atoms with Gasteiger partial charge in [-0.3, -0.25) is 14.5 Å². The van der Waals surface area contributed by atoms with Gasteiger partial charge in [-0.05, 0) is 61.6 Å². The van der Waals surface area contributed by atoms with Crippen molar-refractivity contribution < 1.29 is 14.0 Å². The highest BCUT2D eigenvalue weighted by Crippen LogP contribution is 2.35. The zero-order valence-corrected chi connectivity index (χ0v) is 15.6. The lowest BCUT2D eigenvalue weighted by Crippen LogP contribution is -2.34. The Bertz CT molecular complexity index is 1000. The summed E-state index contributed by atoms with van der Waals surface area (Å²) in [5.74, 6) is 0.222. The van der Waals surface area contributed by atoms with Gasteiger partial charge in [0, 0.05) is 18.3 Å². The fraction of sp³-hybridized carbons (Fsp3) is 0.176. The molecule has 132 valence electrons. The van der Waals surface area contributed by atoms with Crippen molar-refractivity contribution in [2.45, 2.75) is 30.1 Å². The normalized spacial score (nSPS) is 16.6. The predicted molar refractivity (Wildman–Crippen MR) is 99.7 cm³/mol. The van der Waals surface area contributed by atoms with E-state index < -0.39 is 0 Å². The molecule has 1 saturated heterocycles.